The largest absolute Gasteiger partial charge is 0.387 e. The first kappa shape index (κ1) is 16.4. The summed E-state index contributed by atoms with van der Waals surface area (Å²) in [7, 11) is 0. The number of nitriles is 1. The molecule has 0 saturated heterocycles. The Bertz CT molecular complexity index is 886. The van der Waals surface area contributed by atoms with Crippen molar-refractivity contribution in [3.8, 4) is 6.07 Å². The van der Waals surface area contributed by atoms with Gasteiger partial charge in [-0.05, 0) is 17.7 Å². The molecular weight excluding hydrogens is 316 g/mol. The summed E-state index contributed by atoms with van der Waals surface area (Å²) < 4.78 is 0. The van der Waals surface area contributed by atoms with Gasteiger partial charge in [-0.25, -0.2) is 0 Å². The Morgan fingerprint density at radius 1 is 1.12 bits per heavy atom. The van der Waals surface area contributed by atoms with Gasteiger partial charge in [0.2, 0.25) is 5.91 Å². The van der Waals surface area contributed by atoms with E-state index in [1.54, 1.807) is 54.6 Å². The Hall–Kier alpha value is -3.46. The van der Waals surface area contributed by atoms with E-state index in [4.69, 9.17) is 11.1 Å². The number of amidine groups is 1. The van der Waals surface area contributed by atoms with E-state index >= 15 is 0 Å². The molecule has 0 bridgehead atoms. The summed E-state index contributed by atoms with van der Waals surface area (Å²) in [6.45, 7) is 0. The second kappa shape index (κ2) is 6.57. The molecule has 0 saturated carbocycles. The van der Waals surface area contributed by atoms with Crippen LogP contribution in [0.2, 0.25) is 0 Å². The van der Waals surface area contributed by atoms with Gasteiger partial charge in [0.25, 0.3) is 0 Å². The number of nitrogens with one attached hydrogen (secondary N) is 2. The van der Waals surface area contributed by atoms with E-state index in [0.29, 0.717) is 16.8 Å². The molecule has 1 aliphatic rings. The van der Waals surface area contributed by atoms with Gasteiger partial charge in [0.1, 0.15) is 17.7 Å². The molecule has 1 aliphatic heterocycles. The summed E-state index contributed by atoms with van der Waals surface area (Å²) >= 11 is 0. The minimum Gasteiger partial charge on any atom is -0.387 e. The lowest BCUT2D eigenvalue weighted by Gasteiger charge is -2.32. The molecule has 1 heterocycles. The van der Waals surface area contributed by atoms with E-state index in [-0.39, 0.29) is 11.6 Å². The average Bonchev–Trinajstić information content (AvgIpc) is 2.61. The molecule has 2 aromatic carbocycles. The van der Waals surface area contributed by atoms with Crippen molar-refractivity contribution >= 4 is 23.2 Å². The highest BCUT2D eigenvalue weighted by molar-refractivity contribution is 6.21. The fourth-order valence-electron chi connectivity index (χ4n) is 3.23. The molecule has 4 N–H and O–H groups in total. The average molecular weight is 332 g/mol. The van der Waals surface area contributed by atoms with Crippen LogP contribution < -0.4 is 11.1 Å². The number of fused-ring (bicyclic) bond motifs is 1. The van der Waals surface area contributed by atoms with Crippen molar-refractivity contribution < 1.29 is 9.59 Å². The minimum atomic E-state index is -1.12. The highest BCUT2D eigenvalue weighted by atomic mass is 16.2. The van der Waals surface area contributed by atoms with E-state index in [1.807, 2.05) is 6.07 Å². The molecule has 0 spiro atoms. The second-order valence-corrected chi connectivity index (χ2v) is 5.88. The number of hydrogen-bond donors (Lipinski definition) is 3. The lowest BCUT2D eigenvalue weighted by molar-refractivity contribution is -0.119. The first-order chi connectivity index (χ1) is 12.0. The van der Waals surface area contributed by atoms with E-state index in [9.17, 15) is 14.9 Å². The molecule has 0 aliphatic carbocycles. The number of nitrogens with two attached hydrogens (primary N) is 1. The first-order valence-electron chi connectivity index (χ1n) is 7.77. The zero-order valence-corrected chi connectivity index (χ0v) is 13.3. The molecule has 6 heteroatoms. The summed E-state index contributed by atoms with van der Waals surface area (Å²) in [6, 6.07) is 17.5. The first-order valence-corrected chi connectivity index (χ1v) is 7.77. The van der Waals surface area contributed by atoms with Crippen LogP contribution in [0.25, 0.3) is 0 Å². The van der Waals surface area contributed by atoms with Crippen molar-refractivity contribution in [1.29, 1.82) is 10.7 Å². The number of nitrogens with zero attached hydrogens (tertiary/aromatic N) is 1. The Labute approximate surface area is 144 Å². The molecule has 3 rings (SSSR count). The summed E-state index contributed by atoms with van der Waals surface area (Å²) in [5.41, 5.74) is 7.07. The monoisotopic (exact) mass is 332 g/mol. The van der Waals surface area contributed by atoms with Crippen molar-refractivity contribution in [2.75, 3.05) is 5.32 Å². The van der Waals surface area contributed by atoms with Gasteiger partial charge in [-0.1, -0.05) is 42.5 Å². The van der Waals surface area contributed by atoms with Gasteiger partial charge in [-0.3, -0.25) is 15.0 Å². The van der Waals surface area contributed by atoms with E-state index < -0.39 is 23.7 Å². The number of hydrogen-bond acceptors (Lipinski definition) is 4. The third-order valence-corrected chi connectivity index (χ3v) is 4.39. The van der Waals surface area contributed by atoms with Crippen LogP contribution in [0.3, 0.4) is 0 Å². The zero-order valence-electron chi connectivity index (χ0n) is 13.3. The number of carbonyl (C=O) groups excluding carboxylic acids is 2. The van der Waals surface area contributed by atoms with Crippen LogP contribution in [-0.2, 0) is 4.79 Å². The highest BCUT2D eigenvalue weighted by Crippen LogP contribution is 2.38. The van der Waals surface area contributed by atoms with Gasteiger partial charge >= 0.3 is 0 Å². The standard InChI is InChI=1S/C19H16N4O2/c20-10-13(18(21)22)15(11-6-2-1-3-7-11)16-17(24)12-8-4-5-9-14(12)23-19(16)25/h1-9,13,15-16H,(H3,21,22)(H,23,25). The number of Topliss-reactive ketones (excluding diaryl/α,β-unsaturated/α-hetero) is 1. The number of benzene rings is 2. The molecule has 0 aromatic heterocycles. The summed E-state index contributed by atoms with van der Waals surface area (Å²) in [5.74, 6) is -4.24. The molecule has 124 valence electrons. The molecular formula is C19H16N4O2. The number of ketones is 1. The van der Waals surface area contributed by atoms with Crippen molar-refractivity contribution in [3.63, 3.8) is 0 Å². The maximum absolute atomic E-state index is 13.0. The minimum absolute atomic E-state index is 0.365. The van der Waals surface area contributed by atoms with Gasteiger partial charge in [0.15, 0.2) is 5.78 Å². The topological polar surface area (TPSA) is 120 Å². The molecule has 2 aromatic rings. The predicted molar refractivity (Wildman–Crippen MR) is 93.1 cm³/mol. The van der Waals surface area contributed by atoms with Gasteiger partial charge < -0.3 is 11.1 Å². The Kier molecular flexibility index (Phi) is 4.31. The zero-order chi connectivity index (χ0) is 18.0. The van der Waals surface area contributed by atoms with Crippen LogP contribution in [0.4, 0.5) is 5.69 Å². The van der Waals surface area contributed by atoms with Crippen LogP contribution in [0.1, 0.15) is 21.8 Å². The molecule has 6 nitrogen and oxygen atoms in total. The summed E-state index contributed by atoms with van der Waals surface area (Å²) in [4.78, 5) is 25.7. The van der Waals surface area contributed by atoms with Crippen LogP contribution in [-0.4, -0.2) is 17.5 Å². The number of para-hydroxylation sites is 1. The fraction of sp³-hybridized carbons (Fsp3) is 0.158. The lowest BCUT2D eigenvalue weighted by Crippen LogP contribution is -2.43. The number of rotatable bonds is 4. The smallest absolute Gasteiger partial charge is 0.236 e. The number of anilines is 1. The summed E-state index contributed by atoms with van der Waals surface area (Å²) in [6.07, 6.45) is 0. The van der Waals surface area contributed by atoms with Crippen molar-refractivity contribution in [1.82, 2.24) is 0 Å². The molecule has 25 heavy (non-hydrogen) atoms. The van der Waals surface area contributed by atoms with Gasteiger partial charge in [-0.2, -0.15) is 5.26 Å². The van der Waals surface area contributed by atoms with Gasteiger partial charge in [0, 0.05) is 11.5 Å². The normalized spacial score (nSPS) is 18.4. The third kappa shape index (κ3) is 2.88. The highest BCUT2D eigenvalue weighted by Gasteiger charge is 2.44. The second-order valence-electron chi connectivity index (χ2n) is 5.88. The lowest BCUT2D eigenvalue weighted by atomic mass is 9.72. The predicted octanol–water partition coefficient (Wildman–Crippen LogP) is 2.30. The Morgan fingerprint density at radius 3 is 2.40 bits per heavy atom. The molecule has 0 fully saturated rings. The maximum Gasteiger partial charge on any atom is 0.236 e. The SMILES string of the molecule is N#CC(C(=N)N)C(c1ccccc1)C1C(=O)Nc2ccccc2C1=O. The quantitative estimate of drug-likeness (QED) is 0.452. The van der Waals surface area contributed by atoms with Crippen LogP contribution >= 0.6 is 0 Å². The molecule has 0 radical (unpaired) electrons. The van der Waals surface area contributed by atoms with E-state index in [1.165, 1.54) is 0 Å². The summed E-state index contributed by atoms with van der Waals surface area (Å²) in [5, 5.41) is 20.0. The Balaban J connectivity index is 2.14. The van der Waals surface area contributed by atoms with E-state index in [2.05, 4.69) is 5.32 Å². The van der Waals surface area contributed by atoms with Crippen LogP contribution in [0, 0.1) is 28.6 Å². The van der Waals surface area contributed by atoms with Crippen LogP contribution in [0.5, 0.6) is 0 Å². The van der Waals surface area contributed by atoms with Crippen molar-refractivity contribution in [2.45, 2.75) is 5.92 Å². The van der Waals surface area contributed by atoms with Crippen LogP contribution in [0.15, 0.2) is 54.6 Å². The number of amides is 1. The van der Waals surface area contributed by atoms with Crippen molar-refractivity contribution in [3.05, 3.63) is 65.7 Å². The third-order valence-electron chi connectivity index (χ3n) is 4.39. The van der Waals surface area contributed by atoms with Gasteiger partial charge in [0.05, 0.1) is 11.8 Å². The fourth-order valence-corrected chi connectivity index (χ4v) is 3.23. The molecule has 1 amide bonds. The number of carbonyl (C=O) groups is 2. The van der Waals surface area contributed by atoms with E-state index in [0.717, 1.165) is 0 Å². The van der Waals surface area contributed by atoms with Crippen molar-refractivity contribution in [2.24, 2.45) is 17.6 Å². The Morgan fingerprint density at radius 2 is 1.76 bits per heavy atom. The molecule has 3 atom stereocenters. The molecule has 3 unspecified atom stereocenters. The maximum atomic E-state index is 13.0. The van der Waals surface area contributed by atoms with Gasteiger partial charge in [-0.15, -0.1) is 0 Å².